The first kappa shape index (κ1) is 14.6. The van der Waals surface area contributed by atoms with E-state index in [0.29, 0.717) is 5.95 Å². The van der Waals surface area contributed by atoms with Gasteiger partial charge >= 0.3 is 0 Å². The summed E-state index contributed by atoms with van der Waals surface area (Å²) in [4.78, 5) is 17.2. The minimum atomic E-state index is 0. The molecule has 4 aromatic rings. The lowest BCUT2D eigenvalue weighted by Gasteiger charge is -1.97. The molecule has 0 atom stereocenters. The lowest BCUT2D eigenvalue weighted by Crippen LogP contribution is -1.96. The summed E-state index contributed by atoms with van der Waals surface area (Å²) in [6.07, 6.45) is 10.7. The summed E-state index contributed by atoms with van der Waals surface area (Å²) in [6, 6.07) is 11.8. The van der Waals surface area contributed by atoms with Gasteiger partial charge in [-0.15, -0.1) is 0 Å². The van der Waals surface area contributed by atoms with Crippen molar-refractivity contribution in [3.8, 4) is 23.0 Å². The fraction of sp³-hybridized carbons (Fsp3) is 0.0588. The zero-order valence-corrected chi connectivity index (χ0v) is 11.6. The van der Waals surface area contributed by atoms with Gasteiger partial charge in [-0.25, -0.2) is 19.9 Å². The summed E-state index contributed by atoms with van der Waals surface area (Å²) in [7, 11) is 0. The largest absolute Gasteiger partial charge is 0.289 e. The van der Waals surface area contributed by atoms with E-state index in [4.69, 9.17) is 0 Å². The van der Waals surface area contributed by atoms with Crippen molar-refractivity contribution in [3.63, 3.8) is 0 Å². The van der Waals surface area contributed by atoms with Crippen molar-refractivity contribution in [2.45, 2.75) is 7.43 Å². The van der Waals surface area contributed by atoms with E-state index >= 15 is 0 Å². The average molecular weight is 304 g/mol. The Hall–Kier alpha value is -3.28. The molecule has 114 valence electrons. The first-order chi connectivity index (χ1) is 10.9. The Kier molecular flexibility index (Phi) is 3.97. The number of hydrogen-bond donors (Lipinski definition) is 0. The third-order valence-corrected chi connectivity index (χ3v) is 3.27. The molecule has 0 aliphatic carbocycles. The molecule has 0 aliphatic rings. The number of rotatable bonds is 3. The Morgan fingerprint density at radius 1 is 0.696 bits per heavy atom. The van der Waals surface area contributed by atoms with Gasteiger partial charge in [-0.1, -0.05) is 37.8 Å². The predicted molar refractivity (Wildman–Crippen MR) is 88.4 cm³/mol. The fourth-order valence-corrected chi connectivity index (χ4v) is 2.19. The van der Waals surface area contributed by atoms with Gasteiger partial charge in [0.2, 0.25) is 5.95 Å². The third-order valence-electron chi connectivity index (χ3n) is 3.27. The van der Waals surface area contributed by atoms with Crippen LogP contribution in [0.3, 0.4) is 0 Å². The molecule has 6 heteroatoms. The second-order valence-corrected chi connectivity index (χ2v) is 4.72. The van der Waals surface area contributed by atoms with Gasteiger partial charge in [-0.05, 0) is 6.07 Å². The van der Waals surface area contributed by atoms with E-state index in [1.165, 1.54) is 0 Å². The second-order valence-electron chi connectivity index (χ2n) is 4.72. The molecule has 3 aromatic heterocycles. The summed E-state index contributed by atoms with van der Waals surface area (Å²) in [5, 5.41) is 0. The molecular weight excluding hydrogens is 288 g/mol. The van der Waals surface area contributed by atoms with E-state index in [0.717, 1.165) is 17.1 Å². The van der Waals surface area contributed by atoms with E-state index < -0.39 is 0 Å². The Morgan fingerprint density at radius 3 is 2.22 bits per heavy atom. The van der Waals surface area contributed by atoms with Crippen LogP contribution in [0, 0.1) is 0 Å². The van der Waals surface area contributed by atoms with Gasteiger partial charge < -0.3 is 0 Å². The van der Waals surface area contributed by atoms with Gasteiger partial charge in [0.05, 0.1) is 11.9 Å². The zero-order chi connectivity index (χ0) is 14.8. The van der Waals surface area contributed by atoms with Crippen molar-refractivity contribution >= 4 is 0 Å². The second kappa shape index (κ2) is 6.23. The Morgan fingerprint density at radius 2 is 1.43 bits per heavy atom. The molecule has 4 rings (SSSR count). The summed E-state index contributed by atoms with van der Waals surface area (Å²) in [5.41, 5.74) is 1.98. The Bertz CT molecular complexity index is 804. The maximum atomic E-state index is 4.43. The molecule has 3 heterocycles. The number of aromatic nitrogens is 6. The first-order valence-corrected chi connectivity index (χ1v) is 6.81. The van der Waals surface area contributed by atoms with Crippen LogP contribution < -0.4 is 0 Å². The molecule has 0 fully saturated rings. The van der Waals surface area contributed by atoms with Gasteiger partial charge in [-0.3, -0.25) is 9.13 Å². The maximum Gasteiger partial charge on any atom is 0.234 e. The number of nitrogens with zero attached hydrogens (tertiary/aromatic N) is 6. The van der Waals surface area contributed by atoms with Crippen LogP contribution in [-0.2, 0) is 0 Å². The van der Waals surface area contributed by atoms with Crippen molar-refractivity contribution in [2.75, 3.05) is 0 Å². The van der Waals surface area contributed by atoms with E-state index in [1.54, 1.807) is 35.7 Å². The molecule has 0 bridgehead atoms. The van der Waals surface area contributed by atoms with Gasteiger partial charge in [-0.2, -0.15) is 0 Å². The monoisotopic (exact) mass is 304 g/mol. The van der Waals surface area contributed by atoms with E-state index in [9.17, 15) is 0 Å². The third kappa shape index (κ3) is 2.87. The van der Waals surface area contributed by atoms with Crippen LogP contribution in [0.25, 0.3) is 23.0 Å². The van der Waals surface area contributed by atoms with Crippen molar-refractivity contribution in [2.24, 2.45) is 0 Å². The summed E-state index contributed by atoms with van der Waals surface area (Å²) in [5.74, 6) is 1.35. The van der Waals surface area contributed by atoms with E-state index in [-0.39, 0.29) is 7.43 Å². The van der Waals surface area contributed by atoms with Crippen molar-refractivity contribution in [3.05, 3.63) is 73.8 Å². The van der Waals surface area contributed by atoms with Crippen LogP contribution in [0.5, 0.6) is 0 Å². The van der Waals surface area contributed by atoms with Gasteiger partial charge in [0.15, 0.2) is 5.82 Å². The van der Waals surface area contributed by atoms with E-state index in [2.05, 4.69) is 19.9 Å². The SMILES string of the molecule is C.c1ccc(-c2cn(-c3cn(-c4ncccn4)cn3)cn2)cc1. The lowest BCUT2D eigenvalue weighted by atomic mass is 10.2. The standard InChI is InChI=1S/C16H12N6.CH4/c1-2-5-13(6-3-1)14-9-21(11-19-14)15-10-22(12-20-15)16-17-7-4-8-18-16;/h1-12H;1H4. The van der Waals surface area contributed by atoms with E-state index in [1.807, 2.05) is 47.3 Å². The minimum absolute atomic E-state index is 0. The van der Waals surface area contributed by atoms with Crippen LogP contribution in [0.4, 0.5) is 0 Å². The van der Waals surface area contributed by atoms with Crippen LogP contribution >= 0.6 is 0 Å². The number of benzene rings is 1. The maximum absolute atomic E-state index is 4.43. The summed E-state index contributed by atoms with van der Waals surface area (Å²) < 4.78 is 3.65. The number of imidazole rings is 2. The Labute approximate surface area is 134 Å². The predicted octanol–water partition coefficient (Wildman–Crippen LogP) is 3.15. The molecule has 0 N–H and O–H groups in total. The molecule has 0 amide bonds. The highest BCUT2D eigenvalue weighted by molar-refractivity contribution is 5.58. The quantitative estimate of drug-likeness (QED) is 0.583. The molecule has 0 saturated carbocycles. The van der Waals surface area contributed by atoms with Crippen LogP contribution in [-0.4, -0.2) is 29.1 Å². The molecule has 23 heavy (non-hydrogen) atoms. The highest BCUT2D eigenvalue weighted by atomic mass is 15.2. The zero-order valence-electron chi connectivity index (χ0n) is 11.6. The smallest absolute Gasteiger partial charge is 0.234 e. The van der Waals surface area contributed by atoms with Crippen molar-refractivity contribution in [1.82, 2.24) is 29.1 Å². The lowest BCUT2D eigenvalue weighted by molar-refractivity contribution is 0.924. The van der Waals surface area contributed by atoms with Gasteiger partial charge in [0.1, 0.15) is 12.7 Å². The van der Waals surface area contributed by atoms with Gasteiger partial charge in [0.25, 0.3) is 0 Å². The molecule has 0 saturated heterocycles. The highest BCUT2D eigenvalue weighted by Crippen LogP contribution is 2.18. The molecule has 6 nitrogen and oxygen atoms in total. The molecule has 0 unspecified atom stereocenters. The van der Waals surface area contributed by atoms with Crippen molar-refractivity contribution in [1.29, 1.82) is 0 Å². The molecule has 1 aromatic carbocycles. The van der Waals surface area contributed by atoms with Crippen LogP contribution in [0.1, 0.15) is 7.43 Å². The fourth-order valence-electron chi connectivity index (χ4n) is 2.19. The molecule has 0 aliphatic heterocycles. The van der Waals surface area contributed by atoms with Crippen LogP contribution in [0.2, 0.25) is 0 Å². The topological polar surface area (TPSA) is 61.4 Å². The first-order valence-electron chi connectivity index (χ1n) is 6.81. The van der Waals surface area contributed by atoms with Gasteiger partial charge in [0, 0.05) is 24.2 Å². The average Bonchev–Trinajstić information content (AvgIpc) is 3.26. The molecule has 0 radical (unpaired) electrons. The highest BCUT2D eigenvalue weighted by Gasteiger charge is 2.07. The van der Waals surface area contributed by atoms with Crippen LogP contribution in [0.15, 0.2) is 73.8 Å². The normalized spacial score (nSPS) is 10.3. The molecular formula is C17H16N6. The minimum Gasteiger partial charge on any atom is -0.289 e. The summed E-state index contributed by atoms with van der Waals surface area (Å²) in [6.45, 7) is 0. The summed E-state index contributed by atoms with van der Waals surface area (Å²) >= 11 is 0. The number of hydrogen-bond acceptors (Lipinski definition) is 4. The van der Waals surface area contributed by atoms with Crippen molar-refractivity contribution < 1.29 is 0 Å². The molecule has 0 spiro atoms. The Balaban J connectivity index is 0.00000156.